The van der Waals surface area contributed by atoms with E-state index in [0.717, 1.165) is 16.4 Å². The fourth-order valence-corrected chi connectivity index (χ4v) is 5.12. The van der Waals surface area contributed by atoms with Crippen molar-refractivity contribution < 1.29 is 27.3 Å². The summed E-state index contributed by atoms with van der Waals surface area (Å²) in [6.07, 6.45) is 0. The number of nitro benzene ring substituents is 1. The van der Waals surface area contributed by atoms with Gasteiger partial charge in [0.15, 0.2) is 0 Å². The van der Waals surface area contributed by atoms with E-state index in [1.54, 1.807) is 13.0 Å². The number of benzene rings is 3. The standard InChI is InChI=1S/C26H27FN4O6S/c1-3-28-26(33)19(2)29(17-20-9-11-21(27)12-10-20)25(32)18-30(22-13-15-23(16-14-22)31(34)35)38(36,37)24-7-5-4-6-8-24/h4-16,19H,3,17-18H2,1-2H3,(H,28,33)/t19-/m0/s1. The number of anilines is 1. The van der Waals surface area contributed by atoms with E-state index in [1.807, 2.05) is 0 Å². The minimum absolute atomic E-state index is 0.0280. The Balaban J connectivity index is 2.03. The van der Waals surface area contributed by atoms with Crippen molar-refractivity contribution >= 4 is 33.2 Å². The van der Waals surface area contributed by atoms with Crippen LogP contribution in [-0.4, -0.2) is 49.2 Å². The van der Waals surface area contributed by atoms with Crippen LogP contribution in [0.5, 0.6) is 0 Å². The van der Waals surface area contributed by atoms with Gasteiger partial charge < -0.3 is 10.2 Å². The monoisotopic (exact) mass is 542 g/mol. The lowest BCUT2D eigenvalue weighted by Crippen LogP contribution is -2.51. The molecule has 0 radical (unpaired) electrons. The van der Waals surface area contributed by atoms with Crippen LogP contribution in [0.4, 0.5) is 15.8 Å². The highest BCUT2D eigenvalue weighted by molar-refractivity contribution is 7.92. The maximum absolute atomic E-state index is 13.7. The Kier molecular flexibility index (Phi) is 9.13. The van der Waals surface area contributed by atoms with Gasteiger partial charge in [0.05, 0.1) is 15.5 Å². The fraction of sp³-hybridized carbons (Fsp3) is 0.231. The zero-order chi connectivity index (χ0) is 27.9. The molecule has 0 fully saturated rings. The summed E-state index contributed by atoms with van der Waals surface area (Å²) in [6, 6.07) is 16.6. The van der Waals surface area contributed by atoms with E-state index in [1.165, 1.54) is 72.5 Å². The van der Waals surface area contributed by atoms with Crippen LogP contribution >= 0.6 is 0 Å². The predicted molar refractivity (Wildman–Crippen MR) is 139 cm³/mol. The molecule has 0 aromatic heterocycles. The SMILES string of the molecule is CCNC(=O)[C@H](C)N(Cc1ccc(F)cc1)C(=O)CN(c1ccc([N+](=O)[O-])cc1)S(=O)(=O)c1ccccc1. The lowest BCUT2D eigenvalue weighted by molar-refractivity contribution is -0.384. The molecular weight excluding hydrogens is 515 g/mol. The number of carbonyl (C=O) groups excluding carboxylic acids is 2. The van der Waals surface area contributed by atoms with Gasteiger partial charge >= 0.3 is 0 Å². The number of rotatable bonds is 11. The van der Waals surface area contributed by atoms with Crippen LogP contribution in [0.2, 0.25) is 0 Å². The number of nitrogens with zero attached hydrogens (tertiary/aromatic N) is 3. The smallest absolute Gasteiger partial charge is 0.269 e. The summed E-state index contributed by atoms with van der Waals surface area (Å²) < 4.78 is 41.5. The minimum atomic E-state index is -4.28. The lowest BCUT2D eigenvalue weighted by atomic mass is 10.1. The van der Waals surface area contributed by atoms with Crippen LogP contribution in [0.25, 0.3) is 0 Å². The first kappa shape index (κ1) is 28.3. The van der Waals surface area contributed by atoms with Gasteiger partial charge in [-0.2, -0.15) is 0 Å². The number of carbonyl (C=O) groups is 2. The molecule has 1 atom stereocenters. The number of sulfonamides is 1. The Morgan fingerprint density at radius 2 is 1.61 bits per heavy atom. The Labute approximate surface area is 219 Å². The highest BCUT2D eigenvalue weighted by Gasteiger charge is 2.32. The van der Waals surface area contributed by atoms with Crippen LogP contribution in [-0.2, 0) is 26.2 Å². The molecule has 0 aliphatic heterocycles. The Bertz CT molecular complexity index is 1380. The maximum atomic E-state index is 13.7. The van der Waals surface area contributed by atoms with Crippen LogP contribution < -0.4 is 9.62 Å². The van der Waals surface area contributed by atoms with Gasteiger partial charge in [-0.1, -0.05) is 30.3 Å². The minimum Gasteiger partial charge on any atom is -0.355 e. The lowest BCUT2D eigenvalue weighted by Gasteiger charge is -2.32. The van der Waals surface area contributed by atoms with Gasteiger partial charge in [0.2, 0.25) is 11.8 Å². The van der Waals surface area contributed by atoms with Gasteiger partial charge in [0.25, 0.3) is 15.7 Å². The molecule has 2 amide bonds. The summed E-state index contributed by atoms with van der Waals surface area (Å²) >= 11 is 0. The highest BCUT2D eigenvalue weighted by Crippen LogP contribution is 2.26. The van der Waals surface area contributed by atoms with Crippen molar-refractivity contribution in [1.29, 1.82) is 0 Å². The molecular formula is C26H27FN4O6S. The zero-order valence-corrected chi connectivity index (χ0v) is 21.6. The second kappa shape index (κ2) is 12.3. The molecule has 0 unspecified atom stereocenters. The molecule has 38 heavy (non-hydrogen) atoms. The quantitative estimate of drug-likeness (QED) is 0.292. The van der Waals surface area contributed by atoms with Crippen LogP contribution in [0.15, 0.2) is 83.8 Å². The van der Waals surface area contributed by atoms with E-state index in [2.05, 4.69) is 5.32 Å². The predicted octanol–water partition coefficient (Wildman–Crippen LogP) is 3.48. The molecule has 3 aromatic rings. The molecule has 10 nitrogen and oxygen atoms in total. The number of halogens is 1. The third-order valence-electron chi connectivity index (χ3n) is 5.74. The molecule has 3 aromatic carbocycles. The van der Waals surface area contributed by atoms with Crippen molar-refractivity contribution in [3.8, 4) is 0 Å². The summed E-state index contributed by atoms with van der Waals surface area (Å²) in [5.41, 5.74) is 0.309. The number of amides is 2. The highest BCUT2D eigenvalue weighted by atomic mass is 32.2. The first-order valence-electron chi connectivity index (χ1n) is 11.7. The van der Waals surface area contributed by atoms with Crippen LogP contribution in [0, 0.1) is 15.9 Å². The topological polar surface area (TPSA) is 130 Å². The molecule has 3 rings (SSSR count). The van der Waals surface area contributed by atoms with E-state index < -0.39 is 45.2 Å². The van der Waals surface area contributed by atoms with E-state index in [9.17, 15) is 32.5 Å². The zero-order valence-electron chi connectivity index (χ0n) is 20.8. The number of nitrogens with one attached hydrogen (secondary N) is 1. The van der Waals surface area contributed by atoms with Gasteiger partial charge in [-0.15, -0.1) is 0 Å². The second-order valence-electron chi connectivity index (χ2n) is 8.32. The van der Waals surface area contributed by atoms with Crippen molar-refractivity contribution in [3.63, 3.8) is 0 Å². The first-order valence-corrected chi connectivity index (χ1v) is 13.1. The Morgan fingerprint density at radius 3 is 2.16 bits per heavy atom. The summed E-state index contributed by atoms with van der Waals surface area (Å²) in [7, 11) is -4.28. The number of non-ortho nitro benzene ring substituents is 1. The summed E-state index contributed by atoms with van der Waals surface area (Å²) in [6.45, 7) is 2.77. The van der Waals surface area contributed by atoms with E-state index >= 15 is 0 Å². The average molecular weight is 543 g/mol. The summed E-state index contributed by atoms with van der Waals surface area (Å²) in [5.74, 6) is -1.62. The Hall–Kier alpha value is -4.32. The molecule has 0 spiro atoms. The van der Waals surface area contributed by atoms with Gasteiger partial charge in [-0.05, 0) is 55.8 Å². The third kappa shape index (κ3) is 6.71. The molecule has 0 aliphatic carbocycles. The fourth-order valence-electron chi connectivity index (χ4n) is 3.68. The molecule has 0 bridgehead atoms. The number of nitro groups is 1. The normalized spacial score (nSPS) is 11.9. The molecule has 0 saturated carbocycles. The Morgan fingerprint density at radius 1 is 1.00 bits per heavy atom. The van der Waals surface area contributed by atoms with E-state index in [0.29, 0.717) is 12.1 Å². The third-order valence-corrected chi connectivity index (χ3v) is 7.53. The molecule has 0 heterocycles. The number of hydrogen-bond donors (Lipinski definition) is 1. The molecule has 200 valence electrons. The largest absolute Gasteiger partial charge is 0.355 e. The van der Waals surface area contributed by atoms with Gasteiger partial charge in [-0.3, -0.25) is 24.0 Å². The van der Waals surface area contributed by atoms with Crippen molar-refractivity contribution in [2.45, 2.75) is 31.3 Å². The summed E-state index contributed by atoms with van der Waals surface area (Å²) in [5, 5.41) is 13.8. The van der Waals surface area contributed by atoms with Crippen molar-refractivity contribution in [3.05, 3.63) is 100 Å². The van der Waals surface area contributed by atoms with Crippen molar-refractivity contribution in [1.82, 2.24) is 10.2 Å². The molecule has 0 aliphatic rings. The van der Waals surface area contributed by atoms with Crippen molar-refractivity contribution in [2.75, 3.05) is 17.4 Å². The molecule has 1 N–H and O–H groups in total. The van der Waals surface area contributed by atoms with Gasteiger partial charge in [0, 0.05) is 25.2 Å². The molecule has 0 saturated heterocycles. The van der Waals surface area contributed by atoms with Gasteiger partial charge in [0.1, 0.15) is 18.4 Å². The van der Waals surface area contributed by atoms with E-state index in [4.69, 9.17) is 0 Å². The second-order valence-corrected chi connectivity index (χ2v) is 10.2. The average Bonchev–Trinajstić information content (AvgIpc) is 2.91. The van der Waals surface area contributed by atoms with Crippen LogP contribution in [0.3, 0.4) is 0 Å². The van der Waals surface area contributed by atoms with Crippen molar-refractivity contribution in [2.24, 2.45) is 0 Å². The van der Waals surface area contributed by atoms with Gasteiger partial charge in [-0.25, -0.2) is 12.8 Å². The molecule has 12 heteroatoms. The maximum Gasteiger partial charge on any atom is 0.269 e. The first-order chi connectivity index (χ1) is 18.0. The summed E-state index contributed by atoms with van der Waals surface area (Å²) in [4.78, 5) is 37.9. The van der Waals surface area contributed by atoms with Crippen LogP contribution in [0.1, 0.15) is 19.4 Å². The van der Waals surface area contributed by atoms with E-state index in [-0.39, 0.29) is 22.8 Å². The number of likely N-dealkylation sites (N-methyl/N-ethyl adjacent to an activating group) is 1. The number of hydrogen-bond acceptors (Lipinski definition) is 6.